The Kier molecular flexibility index (Phi) is 2.56. The molecule has 0 unspecified atom stereocenters. The number of rotatable bonds is 3. The molecule has 1 aromatic heterocycles. The zero-order valence-electron chi connectivity index (χ0n) is 7.48. The van der Waals surface area contributed by atoms with Crippen molar-refractivity contribution >= 4 is 0 Å². The minimum absolute atomic E-state index is 0.0297. The Hall–Kier alpha value is -0.940. The first-order valence-corrected chi connectivity index (χ1v) is 4.62. The zero-order chi connectivity index (χ0) is 9.10. The standard InChI is InChI=1S/C8H14N4O/c13-6-8-5-12(11-10-8)4-7-2-1-3-9-7/h5,7,9,13H,1-4,6H2/t7-/m0/s1. The van der Waals surface area contributed by atoms with E-state index < -0.39 is 0 Å². The highest BCUT2D eigenvalue weighted by Crippen LogP contribution is 2.06. The third kappa shape index (κ3) is 2.05. The average Bonchev–Trinajstić information content (AvgIpc) is 2.76. The highest BCUT2D eigenvalue weighted by Gasteiger charge is 2.14. The molecule has 0 radical (unpaired) electrons. The van der Waals surface area contributed by atoms with Gasteiger partial charge < -0.3 is 10.4 Å². The summed E-state index contributed by atoms with van der Waals surface area (Å²) in [4.78, 5) is 0. The highest BCUT2D eigenvalue weighted by molar-refractivity contribution is 4.89. The SMILES string of the molecule is OCc1cn(C[C@@H]2CCCN2)nn1. The molecule has 0 bridgehead atoms. The van der Waals surface area contributed by atoms with E-state index in [0.29, 0.717) is 11.7 Å². The molecule has 2 heterocycles. The molecule has 0 saturated carbocycles. The van der Waals surface area contributed by atoms with Gasteiger partial charge in [0.25, 0.3) is 0 Å². The van der Waals surface area contributed by atoms with Crippen LogP contribution >= 0.6 is 0 Å². The van der Waals surface area contributed by atoms with Crippen LogP contribution in [-0.4, -0.2) is 32.7 Å². The fourth-order valence-corrected chi connectivity index (χ4v) is 1.64. The van der Waals surface area contributed by atoms with Crippen LogP contribution in [0.3, 0.4) is 0 Å². The summed E-state index contributed by atoms with van der Waals surface area (Å²) < 4.78 is 1.79. The van der Waals surface area contributed by atoms with Crippen LogP contribution < -0.4 is 5.32 Å². The molecule has 2 rings (SSSR count). The van der Waals surface area contributed by atoms with Crippen LogP contribution in [0.2, 0.25) is 0 Å². The largest absolute Gasteiger partial charge is 0.390 e. The van der Waals surface area contributed by atoms with Crippen molar-refractivity contribution in [3.05, 3.63) is 11.9 Å². The maximum Gasteiger partial charge on any atom is 0.108 e. The lowest BCUT2D eigenvalue weighted by atomic mass is 10.2. The molecular weight excluding hydrogens is 168 g/mol. The van der Waals surface area contributed by atoms with Gasteiger partial charge in [-0.3, -0.25) is 4.68 Å². The first-order chi connectivity index (χ1) is 6.38. The van der Waals surface area contributed by atoms with Crippen LogP contribution in [0.15, 0.2) is 6.20 Å². The van der Waals surface area contributed by atoms with Gasteiger partial charge in [-0.05, 0) is 19.4 Å². The van der Waals surface area contributed by atoms with E-state index in [-0.39, 0.29) is 6.61 Å². The number of hydrogen-bond acceptors (Lipinski definition) is 4. The Morgan fingerprint density at radius 3 is 3.23 bits per heavy atom. The molecule has 1 atom stereocenters. The Balaban J connectivity index is 1.92. The van der Waals surface area contributed by atoms with Gasteiger partial charge in [-0.25, -0.2) is 0 Å². The predicted molar refractivity (Wildman–Crippen MR) is 47.0 cm³/mol. The van der Waals surface area contributed by atoms with Crippen LogP contribution in [0.4, 0.5) is 0 Å². The summed E-state index contributed by atoms with van der Waals surface area (Å²) in [6.07, 6.45) is 4.24. The maximum absolute atomic E-state index is 8.78. The lowest BCUT2D eigenvalue weighted by Crippen LogP contribution is -2.26. The van der Waals surface area contributed by atoms with E-state index in [2.05, 4.69) is 15.6 Å². The minimum Gasteiger partial charge on any atom is -0.390 e. The number of nitrogens with one attached hydrogen (secondary N) is 1. The van der Waals surface area contributed by atoms with E-state index in [0.717, 1.165) is 13.1 Å². The van der Waals surface area contributed by atoms with Crippen molar-refractivity contribution in [3.8, 4) is 0 Å². The first-order valence-electron chi connectivity index (χ1n) is 4.62. The van der Waals surface area contributed by atoms with E-state index in [1.807, 2.05) is 0 Å². The van der Waals surface area contributed by atoms with Gasteiger partial charge in [-0.1, -0.05) is 5.21 Å². The molecule has 1 aliphatic heterocycles. The van der Waals surface area contributed by atoms with Gasteiger partial charge in [0.15, 0.2) is 0 Å². The molecule has 0 aliphatic carbocycles. The van der Waals surface area contributed by atoms with Crippen LogP contribution in [0.1, 0.15) is 18.5 Å². The first kappa shape index (κ1) is 8.65. The molecule has 0 aromatic carbocycles. The van der Waals surface area contributed by atoms with Crippen molar-refractivity contribution in [2.75, 3.05) is 6.54 Å². The van der Waals surface area contributed by atoms with E-state index in [1.54, 1.807) is 10.9 Å². The van der Waals surface area contributed by atoms with Gasteiger partial charge in [-0.2, -0.15) is 0 Å². The summed E-state index contributed by atoms with van der Waals surface area (Å²) in [5, 5.41) is 19.9. The second-order valence-electron chi connectivity index (χ2n) is 3.38. The van der Waals surface area contributed by atoms with Gasteiger partial charge in [0.05, 0.1) is 19.3 Å². The molecule has 0 amide bonds. The fourth-order valence-electron chi connectivity index (χ4n) is 1.64. The normalized spacial score (nSPS) is 22.4. The van der Waals surface area contributed by atoms with Crippen molar-refractivity contribution in [1.82, 2.24) is 20.3 Å². The second-order valence-corrected chi connectivity index (χ2v) is 3.38. The second kappa shape index (κ2) is 3.85. The lowest BCUT2D eigenvalue weighted by molar-refractivity contribution is 0.276. The quantitative estimate of drug-likeness (QED) is 0.663. The summed E-state index contributed by atoms with van der Waals surface area (Å²) in [5.41, 5.74) is 0.637. The van der Waals surface area contributed by atoms with E-state index in [4.69, 9.17) is 5.11 Å². The Bertz CT molecular complexity index is 267. The molecule has 5 heteroatoms. The van der Waals surface area contributed by atoms with Crippen molar-refractivity contribution in [2.24, 2.45) is 0 Å². The van der Waals surface area contributed by atoms with Crippen LogP contribution in [0, 0.1) is 0 Å². The van der Waals surface area contributed by atoms with Gasteiger partial charge in [0, 0.05) is 6.04 Å². The van der Waals surface area contributed by atoms with E-state index in [9.17, 15) is 0 Å². The molecule has 2 N–H and O–H groups in total. The number of aromatic nitrogens is 3. The molecule has 1 fully saturated rings. The molecule has 0 spiro atoms. The topological polar surface area (TPSA) is 63.0 Å². The van der Waals surface area contributed by atoms with Crippen molar-refractivity contribution in [2.45, 2.75) is 32.0 Å². The predicted octanol–water partition coefficient (Wildman–Crippen LogP) is -0.478. The van der Waals surface area contributed by atoms with Gasteiger partial charge >= 0.3 is 0 Å². The third-order valence-corrected chi connectivity index (χ3v) is 2.32. The summed E-state index contributed by atoms with van der Waals surface area (Å²) in [6.45, 7) is 1.93. The van der Waals surface area contributed by atoms with Crippen LogP contribution in [0.5, 0.6) is 0 Å². The minimum atomic E-state index is -0.0297. The number of aliphatic hydroxyl groups excluding tert-OH is 1. The molecule has 5 nitrogen and oxygen atoms in total. The van der Waals surface area contributed by atoms with E-state index >= 15 is 0 Å². The van der Waals surface area contributed by atoms with Gasteiger partial charge in [0.1, 0.15) is 5.69 Å². The maximum atomic E-state index is 8.78. The monoisotopic (exact) mass is 182 g/mol. The molecule has 13 heavy (non-hydrogen) atoms. The molecule has 72 valence electrons. The number of hydrogen-bond donors (Lipinski definition) is 2. The smallest absolute Gasteiger partial charge is 0.108 e. The lowest BCUT2D eigenvalue weighted by Gasteiger charge is -2.08. The molecule has 1 aliphatic rings. The summed E-state index contributed by atoms with van der Waals surface area (Å²) in [5.74, 6) is 0. The Morgan fingerprint density at radius 2 is 2.62 bits per heavy atom. The summed E-state index contributed by atoms with van der Waals surface area (Å²) >= 11 is 0. The summed E-state index contributed by atoms with van der Waals surface area (Å²) in [7, 11) is 0. The Labute approximate surface area is 76.8 Å². The van der Waals surface area contributed by atoms with E-state index in [1.165, 1.54) is 12.8 Å². The highest BCUT2D eigenvalue weighted by atomic mass is 16.3. The average molecular weight is 182 g/mol. The zero-order valence-corrected chi connectivity index (χ0v) is 7.48. The van der Waals surface area contributed by atoms with Crippen molar-refractivity contribution in [1.29, 1.82) is 0 Å². The van der Waals surface area contributed by atoms with Gasteiger partial charge in [-0.15, -0.1) is 5.10 Å². The third-order valence-electron chi connectivity index (χ3n) is 2.32. The molecule has 1 aromatic rings. The van der Waals surface area contributed by atoms with Crippen molar-refractivity contribution < 1.29 is 5.11 Å². The molecular formula is C8H14N4O. The molecule has 1 saturated heterocycles. The van der Waals surface area contributed by atoms with Crippen molar-refractivity contribution in [3.63, 3.8) is 0 Å². The van der Waals surface area contributed by atoms with Crippen LogP contribution in [-0.2, 0) is 13.2 Å². The summed E-state index contributed by atoms with van der Waals surface area (Å²) in [6, 6.07) is 0.522. The van der Waals surface area contributed by atoms with Gasteiger partial charge in [0.2, 0.25) is 0 Å². The number of nitrogens with zero attached hydrogens (tertiary/aromatic N) is 3. The fraction of sp³-hybridized carbons (Fsp3) is 0.750. The Morgan fingerprint density at radius 1 is 1.69 bits per heavy atom. The number of aliphatic hydroxyl groups is 1. The van der Waals surface area contributed by atoms with Crippen LogP contribution in [0.25, 0.3) is 0 Å².